The van der Waals surface area contributed by atoms with Gasteiger partial charge in [0.2, 0.25) is 5.91 Å². The van der Waals surface area contributed by atoms with E-state index in [2.05, 4.69) is 42.9 Å². The summed E-state index contributed by atoms with van der Waals surface area (Å²) in [5.41, 5.74) is 1.06. The molecule has 0 spiro atoms. The number of ether oxygens (including phenoxy) is 2. The molecule has 2 aliphatic rings. The van der Waals surface area contributed by atoms with Gasteiger partial charge in [0.1, 0.15) is 11.6 Å². The van der Waals surface area contributed by atoms with Crippen molar-refractivity contribution in [2.75, 3.05) is 38.7 Å². The molecule has 1 saturated heterocycles. The largest absolute Gasteiger partial charge is 0.495 e. The van der Waals surface area contributed by atoms with Gasteiger partial charge in [0.05, 0.1) is 26.5 Å². The topological polar surface area (TPSA) is 63.7 Å². The molecule has 1 N–H and O–H groups in total. The van der Waals surface area contributed by atoms with Gasteiger partial charge in [0.25, 0.3) is 0 Å². The molecule has 2 fully saturated rings. The number of hydrogen-bond donors (Lipinski definition) is 1. The van der Waals surface area contributed by atoms with Gasteiger partial charge in [0, 0.05) is 31.1 Å². The van der Waals surface area contributed by atoms with Crippen LogP contribution >= 0.6 is 0 Å². The Morgan fingerprint density at radius 3 is 2.52 bits per heavy atom. The van der Waals surface area contributed by atoms with Crippen LogP contribution in [0.15, 0.2) is 12.3 Å². The van der Waals surface area contributed by atoms with E-state index in [4.69, 9.17) is 9.47 Å². The standard InChI is InChI=1S/C19H29N3O3/c1-18(2)16(19(18,3)4)17(23)21-15-10-13(14(24-5)11-20-15)12-22-6-8-25-9-7-22/h10-11,16H,6-9,12H2,1-5H3,(H,20,21,23). The quantitative estimate of drug-likeness (QED) is 0.887. The molecule has 0 bridgehead atoms. The Labute approximate surface area is 149 Å². The number of pyridine rings is 1. The molecular formula is C19H29N3O3. The smallest absolute Gasteiger partial charge is 0.229 e. The van der Waals surface area contributed by atoms with E-state index in [0.717, 1.165) is 44.2 Å². The van der Waals surface area contributed by atoms with Gasteiger partial charge in [-0.05, 0) is 16.9 Å². The highest BCUT2D eigenvalue weighted by atomic mass is 16.5. The summed E-state index contributed by atoms with van der Waals surface area (Å²) in [5, 5.41) is 3.00. The fraction of sp³-hybridized carbons (Fsp3) is 0.684. The van der Waals surface area contributed by atoms with E-state index in [1.807, 2.05) is 6.07 Å². The molecule has 0 radical (unpaired) electrons. The van der Waals surface area contributed by atoms with Crippen molar-refractivity contribution in [3.05, 3.63) is 17.8 Å². The number of amides is 1. The van der Waals surface area contributed by atoms with E-state index in [-0.39, 0.29) is 22.7 Å². The highest BCUT2D eigenvalue weighted by molar-refractivity contribution is 5.95. The maximum Gasteiger partial charge on any atom is 0.229 e. The average molecular weight is 347 g/mol. The second kappa shape index (κ2) is 6.57. The van der Waals surface area contributed by atoms with E-state index in [9.17, 15) is 4.79 Å². The maximum atomic E-state index is 12.7. The highest BCUT2D eigenvalue weighted by Crippen LogP contribution is 2.68. The van der Waals surface area contributed by atoms with Crippen LogP contribution < -0.4 is 10.1 Å². The summed E-state index contributed by atoms with van der Waals surface area (Å²) in [7, 11) is 1.65. The zero-order valence-electron chi connectivity index (χ0n) is 15.9. The van der Waals surface area contributed by atoms with Gasteiger partial charge in [0.15, 0.2) is 0 Å². The lowest BCUT2D eigenvalue weighted by Gasteiger charge is -2.27. The molecule has 138 valence electrons. The first-order valence-electron chi connectivity index (χ1n) is 8.91. The molecule has 6 nitrogen and oxygen atoms in total. The van der Waals surface area contributed by atoms with Crippen LogP contribution in [0.25, 0.3) is 0 Å². The highest BCUT2D eigenvalue weighted by Gasteiger charge is 2.68. The van der Waals surface area contributed by atoms with Gasteiger partial charge in [-0.1, -0.05) is 27.7 Å². The van der Waals surface area contributed by atoms with E-state index in [1.165, 1.54) is 0 Å². The molecule has 1 aliphatic carbocycles. The van der Waals surface area contributed by atoms with Gasteiger partial charge in [-0.15, -0.1) is 0 Å². The van der Waals surface area contributed by atoms with E-state index >= 15 is 0 Å². The Hall–Kier alpha value is -1.66. The van der Waals surface area contributed by atoms with Crippen LogP contribution in [0.3, 0.4) is 0 Å². The van der Waals surface area contributed by atoms with E-state index < -0.39 is 0 Å². The summed E-state index contributed by atoms with van der Waals surface area (Å²) >= 11 is 0. The van der Waals surface area contributed by atoms with Crippen molar-refractivity contribution < 1.29 is 14.3 Å². The molecule has 0 atom stereocenters. The Morgan fingerprint density at radius 1 is 1.32 bits per heavy atom. The minimum absolute atomic E-state index is 0.00611. The fourth-order valence-electron chi connectivity index (χ4n) is 3.91. The molecule has 1 saturated carbocycles. The summed E-state index contributed by atoms with van der Waals surface area (Å²) in [6.45, 7) is 12.6. The summed E-state index contributed by atoms with van der Waals surface area (Å²) in [6, 6.07) is 1.93. The number of aromatic nitrogens is 1. The first kappa shape index (κ1) is 18.1. The number of rotatable bonds is 5. The Kier molecular flexibility index (Phi) is 4.77. The SMILES string of the molecule is COc1cnc(NC(=O)C2C(C)(C)C2(C)C)cc1CN1CCOCC1. The van der Waals surface area contributed by atoms with Crippen LogP contribution in [-0.4, -0.2) is 49.2 Å². The molecular weight excluding hydrogens is 318 g/mol. The Bertz CT molecular complexity index is 637. The van der Waals surface area contributed by atoms with Crippen LogP contribution in [-0.2, 0) is 16.1 Å². The number of anilines is 1. The van der Waals surface area contributed by atoms with Crippen LogP contribution in [0.4, 0.5) is 5.82 Å². The molecule has 2 heterocycles. The van der Waals surface area contributed by atoms with Crippen molar-refractivity contribution in [1.29, 1.82) is 0 Å². The monoisotopic (exact) mass is 347 g/mol. The van der Waals surface area contributed by atoms with Crippen LogP contribution in [0.2, 0.25) is 0 Å². The number of hydrogen-bond acceptors (Lipinski definition) is 5. The second-order valence-electron chi connectivity index (χ2n) is 8.14. The molecule has 0 unspecified atom stereocenters. The normalized spacial score (nSPS) is 22.4. The van der Waals surface area contributed by atoms with Crippen molar-refractivity contribution in [3.63, 3.8) is 0 Å². The van der Waals surface area contributed by atoms with Gasteiger partial charge in [-0.25, -0.2) is 4.98 Å². The lowest BCUT2D eigenvalue weighted by atomic mass is 10.0. The number of morpholine rings is 1. The van der Waals surface area contributed by atoms with E-state index in [0.29, 0.717) is 5.82 Å². The lowest BCUT2D eigenvalue weighted by Crippen LogP contribution is -2.35. The first-order valence-corrected chi connectivity index (χ1v) is 8.91. The van der Waals surface area contributed by atoms with Gasteiger partial charge >= 0.3 is 0 Å². The summed E-state index contributed by atoms with van der Waals surface area (Å²) in [6.07, 6.45) is 1.69. The van der Waals surface area contributed by atoms with Crippen LogP contribution in [0.1, 0.15) is 33.3 Å². The van der Waals surface area contributed by atoms with Gasteiger partial charge in [-0.3, -0.25) is 9.69 Å². The number of carbonyl (C=O) groups is 1. The van der Waals surface area contributed by atoms with E-state index in [1.54, 1.807) is 13.3 Å². The third-order valence-corrected chi connectivity index (χ3v) is 6.20. The second-order valence-corrected chi connectivity index (χ2v) is 8.14. The minimum atomic E-state index is 0.00611. The van der Waals surface area contributed by atoms with Gasteiger partial charge < -0.3 is 14.8 Å². The Balaban J connectivity index is 1.72. The first-order chi connectivity index (χ1) is 11.8. The molecule has 0 aromatic carbocycles. The number of carbonyl (C=O) groups excluding carboxylic acids is 1. The van der Waals surface area contributed by atoms with Crippen molar-refractivity contribution in [2.24, 2.45) is 16.7 Å². The summed E-state index contributed by atoms with van der Waals surface area (Å²) < 4.78 is 10.8. The molecule has 25 heavy (non-hydrogen) atoms. The fourth-order valence-corrected chi connectivity index (χ4v) is 3.91. The number of nitrogens with zero attached hydrogens (tertiary/aromatic N) is 2. The predicted octanol–water partition coefficient (Wildman–Crippen LogP) is 2.54. The van der Waals surface area contributed by atoms with Crippen molar-refractivity contribution in [3.8, 4) is 5.75 Å². The van der Waals surface area contributed by atoms with Crippen molar-refractivity contribution in [1.82, 2.24) is 9.88 Å². The third kappa shape index (κ3) is 3.37. The Morgan fingerprint density at radius 2 is 1.96 bits per heavy atom. The predicted molar refractivity (Wildman–Crippen MR) is 96.6 cm³/mol. The summed E-state index contributed by atoms with van der Waals surface area (Å²) in [5.74, 6) is 1.39. The van der Waals surface area contributed by atoms with Crippen LogP contribution in [0, 0.1) is 16.7 Å². The van der Waals surface area contributed by atoms with Crippen molar-refractivity contribution in [2.45, 2.75) is 34.2 Å². The van der Waals surface area contributed by atoms with Crippen molar-refractivity contribution >= 4 is 11.7 Å². The van der Waals surface area contributed by atoms with Gasteiger partial charge in [-0.2, -0.15) is 0 Å². The minimum Gasteiger partial charge on any atom is -0.495 e. The molecule has 1 amide bonds. The lowest BCUT2D eigenvalue weighted by molar-refractivity contribution is -0.118. The molecule has 3 rings (SSSR count). The summed E-state index contributed by atoms with van der Waals surface area (Å²) in [4.78, 5) is 19.3. The number of methoxy groups -OCH3 is 1. The third-order valence-electron chi connectivity index (χ3n) is 6.20. The molecule has 6 heteroatoms. The number of nitrogens with one attached hydrogen (secondary N) is 1. The van der Waals surface area contributed by atoms with Crippen LogP contribution in [0.5, 0.6) is 5.75 Å². The maximum absolute atomic E-state index is 12.7. The average Bonchev–Trinajstić information content (AvgIpc) is 2.98. The zero-order chi connectivity index (χ0) is 18.2. The zero-order valence-corrected chi connectivity index (χ0v) is 15.9. The molecule has 1 aromatic heterocycles. The molecule has 1 aromatic rings. The molecule has 1 aliphatic heterocycles.